The molecule has 2 aromatic heterocycles. The second kappa shape index (κ2) is 7.57. The Morgan fingerprint density at radius 2 is 1.88 bits per heavy atom. The highest BCUT2D eigenvalue weighted by molar-refractivity contribution is 6.30. The molecule has 2 heterocycles. The van der Waals surface area contributed by atoms with Crippen LogP contribution in [-0.2, 0) is 6.54 Å². The van der Waals surface area contributed by atoms with Crippen molar-refractivity contribution in [3.05, 3.63) is 77.6 Å². The molecular weight excluding hydrogens is 324 g/mol. The summed E-state index contributed by atoms with van der Waals surface area (Å²) in [5.74, 6) is 0. The number of anilines is 1. The third-order valence-corrected chi connectivity index (χ3v) is 3.52. The zero-order chi connectivity index (χ0) is 16.8. The lowest BCUT2D eigenvalue weighted by atomic mass is 10.2. The van der Waals surface area contributed by atoms with Gasteiger partial charge in [0.15, 0.2) is 0 Å². The summed E-state index contributed by atoms with van der Waals surface area (Å²) in [7, 11) is 0. The smallest absolute Gasteiger partial charge is 0.319 e. The predicted octanol–water partition coefficient (Wildman–Crippen LogP) is 4.12. The van der Waals surface area contributed by atoms with Crippen molar-refractivity contribution in [2.75, 3.05) is 5.32 Å². The second-order valence-corrected chi connectivity index (χ2v) is 5.52. The molecule has 0 bridgehead atoms. The number of amides is 2. The molecule has 0 fully saturated rings. The van der Waals surface area contributed by atoms with E-state index in [1.165, 1.54) is 0 Å². The lowest BCUT2D eigenvalue weighted by molar-refractivity contribution is 0.251. The number of halogens is 1. The molecule has 0 saturated heterocycles. The van der Waals surface area contributed by atoms with Crippen LogP contribution in [0.25, 0.3) is 11.4 Å². The normalized spacial score (nSPS) is 10.2. The SMILES string of the molecule is O=C(NCc1ccc(-c2ccccn2)nc1)Nc1cccc(Cl)c1. The highest BCUT2D eigenvalue weighted by Crippen LogP contribution is 2.15. The fourth-order valence-electron chi connectivity index (χ4n) is 2.12. The van der Waals surface area contributed by atoms with Gasteiger partial charge in [-0.15, -0.1) is 0 Å². The molecule has 24 heavy (non-hydrogen) atoms. The summed E-state index contributed by atoms with van der Waals surface area (Å²) in [4.78, 5) is 20.5. The van der Waals surface area contributed by atoms with Gasteiger partial charge in [-0.05, 0) is 42.0 Å². The highest BCUT2D eigenvalue weighted by Gasteiger charge is 2.04. The minimum absolute atomic E-state index is 0.300. The standard InChI is InChI=1S/C18H15ClN4O/c19-14-4-3-5-15(10-14)23-18(24)22-12-13-7-8-17(21-11-13)16-6-1-2-9-20-16/h1-11H,12H2,(H2,22,23,24). The highest BCUT2D eigenvalue weighted by atomic mass is 35.5. The number of nitrogens with zero attached hydrogens (tertiary/aromatic N) is 2. The van der Waals surface area contributed by atoms with E-state index in [1.807, 2.05) is 30.3 Å². The monoisotopic (exact) mass is 338 g/mol. The molecule has 2 N–H and O–H groups in total. The summed E-state index contributed by atoms with van der Waals surface area (Å²) >= 11 is 5.88. The Balaban J connectivity index is 1.56. The summed E-state index contributed by atoms with van der Waals surface area (Å²) in [5.41, 5.74) is 3.15. The molecule has 2 amide bonds. The maximum absolute atomic E-state index is 11.9. The predicted molar refractivity (Wildman–Crippen MR) is 94.8 cm³/mol. The van der Waals surface area contributed by atoms with E-state index in [0.717, 1.165) is 17.0 Å². The quantitative estimate of drug-likeness (QED) is 0.752. The molecule has 0 saturated carbocycles. The van der Waals surface area contributed by atoms with Gasteiger partial charge in [-0.25, -0.2) is 4.79 Å². The van der Waals surface area contributed by atoms with Crippen molar-refractivity contribution in [1.82, 2.24) is 15.3 Å². The molecule has 3 aromatic rings. The molecule has 0 unspecified atom stereocenters. The molecule has 120 valence electrons. The Morgan fingerprint density at radius 3 is 2.58 bits per heavy atom. The third kappa shape index (κ3) is 4.30. The first-order valence-electron chi connectivity index (χ1n) is 7.37. The Kier molecular flexibility index (Phi) is 5.03. The van der Waals surface area contributed by atoms with Crippen molar-refractivity contribution in [1.29, 1.82) is 0 Å². The minimum atomic E-state index is -0.300. The van der Waals surface area contributed by atoms with Gasteiger partial charge in [0, 0.05) is 29.6 Å². The van der Waals surface area contributed by atoms with Crippen LogP contribution in [0.4, 0.5) is 10.5 Å². The van der Waals surface area contributed by atoms with Gasteiger partial charge in [0.2, 0.25) is 0 Å². The van der Waals surface area contributed by atoms with Gasteiger partial charge >= 0.3 is 6.03 Å². The zero-order valence-corrected chi connectivity index (χ0v) is 13.5. The van der Waals surface area contributed by atoms with E-state index in [0.29, 0.717) is 17.3 Å². The van der Waals surface area contributed by atoms with Crippen LogP contribution in [0.15, 0.2) is 67.0 Å². The number of rotatable bonds is 4. The van der Waals surface area contributed by atoms with Gasteiger partial charge in [-0.3, -0.25) is 9.97 Å². The maximum Gasteiger partial charge on any atom is 0.319 e. The number of pyridine rings is 2. The molecule has 0 aliphatic heterocycles. The average molecular weight is 339 g/mol. The van der Waals surface area contributed by atoms with Crippen molar-refractivity contribution >= 4 is 23.3 Å². The molecule has 3 rings (SSSR count). The maximum atomic E-state index is 11.9. The van der Waals surface area contributed by atoms with Crippen LogP contribution in [-0.4, -0.2) is 16.0 Å². The van der Waals surface area contributed by atoms with Gasteiger partial charge in [0.05, 0.1) is 11.4 Å². The van der Waals surface area contributed by atoms with Crippen molar-refractivity contribution in [3.8, 4) is 11.4 Å². The van der Waals surface area contributed by atoms with Crippen LogP contribution in [0.3, 0.4) is 0 Å². The lowest BCUT2D eigenvalue weighted by Gasteiger charge is -2.08. The number of carbonyl (C=O) groups excluding carboxylic acids is 1. The van der Waals surface area contributed by atoms with E-state index < -0.39 is 0 Å². The average Bonchev–Trinajstić information content (AvgIpc) is 2.61. The van der Waals surface area contributed by atoms with Crippen LogP contribution >= 0.6 is 11.6 Å². The summed E-state index contributed by atoms with van der Waals surface area (Å²) < 4.78 is 0. The number of nitrogens with one attached hydrogen (secondary N) is 2. The number of benzene rings is 1. The number of hydrogen-bond donors (Lipinski definition) is 2. The van der Waals surface area contributed by atoms with E-state index in [4.69, 9.17) is 11.6 Å². The first kappa shape index (κ1) is 16.0. The van der Waals surface area contributed by atoms with E-state index in [-0.39, 0.29) is 6.03 Å². The lowest BCUT2D eigenvalue weighted by Crippen LogP contribution is -2.28. The van der Waals surface area contributed by atoms with Crippen molar-refractivity contribution in [2.45, 2.75) is 6.54 Å². The second-order valence-electron chi connectivity index (χ2n) is 5.08. The van der Waals surface area contributed by atoms with Crippen LogP contribution in [0.5, 0.6) is 0 Å². The summed E-state index contributed by atoms with van der Waals surface area (Å²) in [5, 5.41) is 6.07. The molecular formula is C18H15ClN4O. The van der Waals surface area contributed by atoms with E-state index in [9.17, 15) is 4.79 Å². The van der Waals surface area contributed by atoms with Crippen molar-refractivity contribution in [2.24, 2.45) is 0 Å². The first-order chi connectivity index (χ1) is 11.7. The Bertz CT molecular complexity index is 822. The Labute approximate surface area is 144 Å². The third-order valence-electron chi connectivity index (χ3n) is 3.29. The Hall–Kier alpha value is -2.92. The molecule has 1 aromatic carbocycles. The molecule has 0 aliphatic carbocycles. The molecule has 0 radical (unpaired) electrons. The largest absolute Gasteiger partial charge is 0.334 e. The summed E-state index contributed by atoms with van der Waals surface area (Å²) in [6.07, 6.45) is 3.45. The van der Waals surface area contributed by atoms with E-state index in [2.05, 4.69) is 20.6 Å². The molecule has 5 nitrogen and oxygen atoms in total. The number of urea groups is 1. The van der Waals surface area contributed by atoms with Gasteiger partial charge < -0.3 is 10.6 Å². The first-order valence-corrected chi connectivity index (χ1v) is 7.75. The van der Waals surface area contributed by atoms with Gasteiger partial charge in [-0.1, -0.05) is 29.8 Å². The van der Waals surface area contributed by atoms with Crippen LogP contribution in [0, 0.1) is 0 Å². The number of aromatic nitrogens is 2. The summed E-state index contributed by atoms with van der Waals surface area (Å²) in [6.45, 7) is 0.377. The fourth-order valence-corrected chi connectivity index (χ4v) is 2.31. The number of hydrogen-bond acceptors (Lipinski definition) is 3. The van der Waals surface area contributed by atoms with Crippen LogP contribution < -0.4 is 10.6 Å². The van der Waals surface area contributed by atoms with Gasteiger partial charge in [0.1, 0.15) is 0 Å². The zero-order valence-electron chi connectivity index (χ0n) is 12.7. The molecule has 0 spiro atoms. The summed E-state index contributed by atoms with van der Waals surface area (Å²) in [6, 6.07) is 16.2. The van der Waals surface area contributed by atoms with Gasteiger partial charge in [-0.2, -0.15) is 0 Å². The Morgan fingerprint density at radius 1 is 1.00 bits per heavy atom. The topological polar surface area (TPSA) is 66.9 Å². The number of carbonyl (C=O) groups is 1. The van der Waals surface area contributed by atoms with E-state index in [1.54, 1.807) is 36.7 Å². The van der Waals surface area contributed by atoms with Crippen molar-refractivity contribution < 1.29 is 4.79 Å². The van der Waals surface area contributed by atoms with Gasteiger partial charge in [0.25, 0.3) is 0 Å². The molecule has 0 atom stereocenters. The fraction of sp³-hybridized carbons (Fsp3) is 0.0556. The van der Waals surface area contributed by atoms with E-state index >= 15 is 0 Å². The molecule has 0 aliphatic rings. The molecule has 6 heteroatoms. The van der Waals surface area contributed by atoms with Crippen LogP contribution in [0.1, 0.15) is 5.56 Å². The van der Waals surface area contributed by atoms with Crippen LogP contribution in [0.2, 0.25) is 5.02 Å². The van der Waals surface area contributed by atoms with Crippen molar-refractivity contribution in [3.63, 3.8) is 0 Å². The minimum Gasteiger partial charge on any atom is -0.334 e.